The molecule has 250 valence electrons. The van der Waals surface area contributed by atoms with E-state index in [1.54, 1.807) is 19.3 Å². The van der Waals surface area contributed by atoms with Gasteiger partial charge in [-0.05, 0) is 125 Å². The van der Waals surface area contributed by atoms with E-state index in [1.165, 1.54) is 15.1 Å². The molecule has 0 spiro atoms. The van der Waals surface area contributed by atoms with Crippen LogP contribution in [0.2, 0.25) is 0 Å². The number of hydrogen-bond acceptors (Lipinski definition) is 6. The Balaban J connectivity index is 1.18. The van der Waals surface area contributed by atoms with E-state index in [4.69, 9.17) is 0 Å². The number of hydrogen-bond donors (Lipinski definition) is 0. The summed E-state index contributed by atoms with van der Waals surface area (Å²) in [7, 11) is 2.30. The van der Waals surface area contributed by atoms with Gasteiger partial charge in [0.15, 0.2) is 5.65 Å². The molecule has 2 aliphatic heterocycles. The standard InChI is InChI=1S/C39H45N5O3S/c1-27-22-31(14-15-34(27)29-16-20-42(5)21-17-29)32-8-6-18-39(2,23-32)48(46,47)44-26-36(35-9-7-19-40-37(35)44)28-10-12-30(13-11-28)38(45)43-24-33(25-43)41(3)4/h6-15,19,22-23,26,29,33H,16-18,20-21,24-25H2,1-5H3. The molecule has 1 aliphatic carbocycles. The fourth-order valence-electron chi connectivity index (χ4n) is 7.44. The first-order valence-corrected chi connectivity index (χ1v) is 18.4. The molecule has 9 heteroatoms. The van der Waals surface area contributed by atoms with Crippen molar-refractivity contribution in [1.29, 1.82) is 0 Å². The summed E-state index contributed by atoms with van der Waals surface area (Å²) in [4.78, 5) is 24.0. The summed E-state index contributed by atoms with van der Waals surface area (Å²) in [5.41, 5.74) is 7.21. The zero-order chi connectivity index (χ0) is 33.8. The molecule has 8 nitrogen and oxygen atoms in total. The van der Waals surface area contributed by atoms with E-state index < -0.39 is 14.8 Å². The lowest BCUT2D eigenvalue weighted by Crippen LogP contribution is -2.59. The van der Waals surface area contributed by atoms with Crippen molar-refractivity contribution in [3.8, 4) is 11.1 Å². The summed E-state index contributed by atoms with van der Waals surface area (Å²) in [6.07, 6.45) is 11.9. The first kappa shape index (κ1) is 32.5. The predicted molar refractivity (Wildman–Crippen MR) is 194 cm³/mol. The van der Waals surface area contributed by atoms with Gasteiger partial charge in [-0.1, -0.05) is 48.6 Å². The number of aromatic nitrogens is 2. The number of aryl methyl sites for hydroxylation is 1. The Morgan fingerprint density at radius 3 is 2.40 bits per heavy atom. The van der Waals surface area contributed by atoms with Crippen LogP contribution in [-0.2, 0) is 10.0 Å². The van der Waals surface area contributed by atoms with Gasteiger partial charge in [0.1, 0.15) is 4.75 Å². The summed E-state index contributed by atoms with van der Waals surface area (Å²) in [5, 5.41) is 0.746. The van der Waals surface area contributed by atoms with Gasteiger partial charge in [-0.25, -0.2) is 17.4 Å². The largest absolute Gasteiger partial charge is 0.335 e. The Bertz CT molecular complexity index is 2030. The average molecular weight is 664 g/mol. The molecule has 0 N–H and O–H groups in total. The minimum absolute atomic E-state index is 0.0128. The summed E-state index contributed by atoms with van der Waals surface area (Å²) in [6, 6.07) is 18.2. The number of piperidine rings is 1. The molecule has 1 unspecified atom stereocenters. The summed E-state index contributed by atoms with van der Waals surface area (Å²) < 4.78 is 29.4. The lowest BCUT2D eigenvalue weighted by atomic mass is 9.85. The van der Waals surface area contributed by atoms with Crippen LogP contribution in [0.25, 0.3) is 27.7 Å². The number of benzene rings is 2. The van der Waals surface area contributed by atoms with Crippen LogP contribution in [0.3, 0.4) is 0 Å². The minimum Gasteiger partial charge on any atom is -0.335 e. The lowest BCUT2D eigenvalue weighted by Gasteiger charge is -2.42. The van der Waals surface area contributed by atoms with Crippen molar-refractivity contribution in [2.24, 2.45) is 0 Å². The molecular weight excluding hydrogens is 619 g/mol. The first-order valence-electron chi connectivity index (χ1n) is 16.9. The molecule has 1 atom stereocenters. The third-order valence-corrected chi connectivity index (χ3v) is 13.0. The number of amides is 1. The highest BCUT2D eigenvalue weighted by Crippen LogP contribution is 2.39. The van der Waals surface area contributed by atoms with Crippen molar-refractivity contribution < 1.29 is 13.2 Å². The third-order valence-electron chi connectivity index (χ3n) is 10.7. The zero-order valence-corrected chi connectivity index (χ0v) is 29.4. The van der Waals surface area contributed by atoms with Crippen molar-refractivity contribution >= 4 is 32.5 Å². The Kier molecular flexibility index (Phi) is 8.42. The topological polar surface area (TPSA) is 78.8 Å². The lowest BCUT2D eigenvalue weighted by molar-refractivity contribution is 0.0399. The number of rotatable bonds is 7. The van der Waals surface area contributed by atoms with Crippen LogP contribution in [0.15, 0.2) is 85.2 Å². The normalized spacial score (nSPS) is 21.1. The maximum absolute atomic E-state index is 14.6. The maximum atomic E-state index is 14.6. The second-order valence-corrected chi connectivity index (χ2v) is 16.6. The zero-order valence-electron chi connectivity index (χ0n) is 28.6. The van der Waals surface area contributed by atoms with E-state index in [2.05, 4.69) is 47.0 Å². The molecule has 2 fully saturated rings. The molecule has 7 rings (SSSR count). The van der Waals surface area contributed by atoms with Crippen LogP contribution in [0.4, 0.5) is 0 Å². The number of likely N-dealkylation sites (N-methyl/N-ethyl adjacent to an activating group) is 1. The van der Waals surface area contributed by atoms with E-state index in [-0.39, 0.29) is 5.91 Å². The Labute approximate surface area is 284 Å². The molecule has 2 aromatic heterocycles. The van der Waals surface area contributed by atoms with Gasteiger partial charge in [0, 0.05) is 48.0 Å². The number of nitrogens with zero attached hydrogens (tertiary/aromatic N) is 5. The minimum atomic E-state index is -3.94. The predicted octanol–water partition coefficient (Wildman–Crippen LogP) is 6.19. The quantitative estimate of drug-likeness (QED) is 0.235. The Hall–Kier alpha value is -4.05. The van der Waals surface area contributed by atoms with Crippen LogP contribution in [0.5, 0.6) is 0 Å². The van der Waals surface area contributed by atoms with Crippen LogP contribution in [-0.4, -0.2) is 96.1 Å². The van der Waals surface area contributed by atoms with E-state index in [0.29, 0.717) is 29.6 Å². The second kappa shape index (κ2) is 12.4. The molecule has 2 saturated heterocycles. The van der Waals surface area contributed by atoms with E-state index in [0.717, 1.165) is 66.7 Å². The molecular formula is C39H45N5O3S. The fraction of sp³-hybridized carbons (Fsp3) is 0.385. The molecule has 0 saturated carbocycles. The average Bonchev–Trinajstić information content (AvgIpc) is 3.45. The van der Waals surface area contributed by atoms with Gasteiger partial charge in [0.2, 0.25) is 10.0 Å². The van der Waals surface area contributed by atoms with E-state index >= 15 is 0 Å². The van der Waals surface area contributed by atoms with Gasteiger partial charge in [-0.3, -0.25) is 4.79 Å². The highest BCUT2D eigenvalue weighted by molar-refractivity contribution is 7.91. The van der Waals surface area contributed by atoms with E-state index in [1.807, 2.05) is 73.6 Å². The Morgan fingerprint density at radius 1 is 1.00 bits per heavy atom. The maximum Gasteiger partial charge on any atom is 0.253 e. The van der Waals surface area contributed by atoms with Gasteiger partial charge in [0.05, 0.1) is 0 Å². The molecule has 4 heterocycles. The monoisotopic (exact) mass is 663 g/mol. The fourth-order valence-corrected chi connectivity index (χ4v) is 9.09. The molecule has 2 aromatic carbocycles. The van der Waals surface area contributed by atoms with Gasteiger partial charge < -0.3 is 14.7 Å². The van der Waals surface area contributed by atoms with Crippen LogP contribution >= 0.6 is 0 Å². The van der Waals surface area contributed by atoms with Gasteiger partial charge in [-0.2, -0.15) is 0 Å². The van der Waals surface area contributed by atoms with Crippen LogP contribution < -0.4 is 0 Å². The van der Waals surface area contributed by atoms with Crippen molar-refractivity contribution in [1.82, 2.24) is 23.7 Å². The Morgan fingerprint density at radius 2 is 1.71 bits per heavy atom. The van der Waals surface area contributed by atoms with Gasteiger partial charge >= 0.3 is 0 Å². The van der Waals surface area contributed by atoms with Gasteiger partial charge in [0.25, 0.3) is 5.91 Å². The van der Waals surface area contributed by atoms with Crippen molar-refractivity contribution in [3.05, 3.63) is 107 Å². The van der Waals surface area contributed by atoms with Crippen LogP contribution in [0, 0.1) is 6.92 Å². The molecule has 3 aliphatic rings. The molecule has 0 bridgehead atoms. The van der Waals surface area contributed by atoms with Crippen molar-refractivity contribution in [2.75, 3.05) is 47.3 Å². The van der Waals surface area contributed by atoms with Crippen molar-refractivity contribution in [2.45, 2.75) is 49.8 Å². The number of fused-ring (bicyclic) bond motifs is 1. The number of pyridine rings is 1. The van der Waals surface area contributed by atoms with Crippen molar-refractivity contribution in [3.63, 3.8) is 0 Å². The molecule has 48 heavy (non-hydrogen) atoms. The number of carbonyl (C=O) groups is 1. The summed E-state index contributed by atoms with van der Waals surface area (Å²) in [6.45, 7) is 7.64. The highest BCUT2D eigenvalue weighted by atomic mass is 32.2. The summed E-state index contributed by atoms with van der Waals surface area (Å²) in [5.74, 6) is 0.576. The first-order chi connectivity index (χ1) is 22.9. The van der Waals surface area contributed by atoms with Gasteiger partial charge in [-0.15, -0.1) is 0 Å². The smallest absolute Gasteiger partial charge is 0.253 e. The highest BCUT2D eigenvalue weighted by Gasteiger charge is 2.41. The summed E-state index contributed by atoms with van der Waals surface area (Å²) >= 11 is 0. The number of carbonyl (C=O) groups excluding carboxylic acids is 1. The molecule has 0 radical (unpaired) electrons. The number of allylic oxidation sites excluding steroid dienone is 3. The number of likely N-dealkylation sites (tertiary alicyclic amines) is 2. The van der Waals surface area contributed by atoms with Crippen LogP contribution in [0.1, 0.15) is 59.2 Å². The second-order valence-electron chi connectivity index (χ2n) is 14.3. The molecule has 1 amide bonds. The van der Waals surface area contributed by atoms with E-state index in [9.17, 15) is 13.2 Å². The third kappa shape index (κ3) is 5.71. The molecule has 4 aromatic rings. The SMILES string of the molecule is Cc1cc(C2=CC(C)(S(=O)(=O)n3cc(-c4ccc(C(=O)N5CC(N(C)C)C5)cc4)c4cccnc43)CC=C2)ccc1C1CCN(C)CC1.